The van der Waals surface area contributed by atoms with Crippen molar-refractivity contribution in [3.05, 3.63) is 39.5 Å². The molecule has 1 aromatic carbocycles. The fraction of sp³-hybridized carbons (Fsp3) is 0.0909. The number of hydrogen-bond acceptors (Lipinski definition) is 2. The summed E-state index contributed by atoms with van der Waals surface area (Å²) >= 11 is 9.39. The summed E-state index contributed by atoms with van der Waals surface area (Å²) in [5.41, 5.74) is 2.09. The highest BCUT2D eigenvalue weighted by Gasteiger charge is 2.14. The molecule has 1 heterocycles. The first-order chi connectivity index (χ1) is 7.65. The Bertz CT molecular complexity index is 564. The Labute approximate surface area is 106 Å². The fourth-order valence-electron chi connectivity index (χ4n) is 1.55. The van der Waals surface area contributed by atoms with E-state index in [1.807, 2.05) is 19.2 Å². The van der Waals surface area contributed by atoms with Crippen LogP contribution in [-0.4, -0.2) is 9.78 Å². The van der Waals surface area contributed by atoms with Gasteiger partial charge in [0.1, 0.15) is 6.07 Å². The van der Waals surface area contributed by atoms with Gasteiger partial charge in [0, 0.05) is 12.6 Å². The maximum atomic E-state index is 9.10. The lowest BCUT2D eigenvalue weighted by Gasteiger charge is -2.06. The van der Waals surface area contributed by atoms with E-state index in [0.717, 1.165) is 15.7 Å². The molecule has 2 rings (SSSR count). The maximum absolute atomic E-state index is 9.10. The second-order valence-corrected chi connectivity index (χ2v) is 4.50. The molecule has 16 heavy (non-hydrogen) atoms. The molecule has 0 amide bonds. The van der Waals surface area contributed by atoms with Gasteiger partial charge in [-0.05, 0) is 22.0 Å². The lowest BCUT2D eigenvalue weighted by molar-refractivity contribution is 0.775. The van der Waals surface area contributed by atoms with Gasteiger partial charge in [0.2, 0.25) is 0 Å². The van der Waals surface area contributed by atoms with Crippen molar-refractivity contribution in [3.63, 3.8) is 0 Å². The summed E-state index contributed by atoms with van der Waals surface area (Å²) in [4.78, 5) is 0. The van der Waals surface area contributed by atoms with Gasteiger partial charge in [-0.2, -0.15) is 10.4 Å². The summed E-state index contributed by atoms with van der Waals surface area (Å²) in [6, 6.07) is 7.49. The predicted octanol–water partition coefficient (Wildman–Crippen LogP) is 3.37. The smallest absolute Gasteiger partial charge is 0.101 e. The van der Waals surface area contributed by atoms with Gasteiger partial charge in [-0.15, -0.1) is 0 Å². The summed E-state index contributed by atoms with van der Waals surface area (Å²) in [5, 5.41) is 13.7. The van der Waals surface area contributed by atoms with Crippen LogP contribution in [0.4, 0.5) is 0 Å². The molecule has 0 aliphatic heterocycles. The van der Waals surface area contributed by atoms with Crippen molar-refractivity contribution < 1.29 is 0 Å². The number of hydrogen-bond donors (Lipinski definition) is 0. The van der Waals surface area contributed by atoms with Crippen LogP contribution in [-0.2, 0) is 7.05 Å². The Balaban J connectivity index is 2.75. The van der Waals surface area contributed by atoms with Crippen LogP contribution < -0.4 is 0 Å². The van der Waals surface area contributed by atoms with Crippen molar-refractivity contribution in [1.82, 2.24) is 9.78 Å². The molecule has 0 saturated heterocycles. The van der Waals surface area contributed by atoms with Crippen LogP contribution in [0.5, 0.6) is 0 Å². The van der Waals surface area contributed by atoms with Gasteiger partial charge >= 0.3 is 0 Å². The Morgan fingerprint density at radius 3 is 2.81 bits per heavy atom. The van der Waals surface area contributed by atoms with Gasteiger partial charge in [-0.25, -0.2) is 0 Å². The predicted molar refractivity (Wildman–Crippen MR) is 66.1 cm³/mol. The molecule has 0 bridgehead atoms. The zero-order valence-corrected chi connectivity index (χ0v) is 10.7. The van der Waals surface area contributed by atoms with Gasteiger partial charge in [0.25, 0.3) is 0 Å². The van der Waals surface area contributed by atoms with E-state index in [-0.39, 0.29) is 0 Å². The van der Waals surface area contributed by atoms with Crippen LogP contribution in [0.25, 0.3) is 11.3 Å². The average Bonchev–Trinajstić information content (AvgIpc) is 2.58. The first-order valence-corrected chi connectivity index (χ1v) is 5.68. The Kier molecular flexibility index (Phi) is 2.99. The largest absolute Gasteiger partial charge is 0.267 e. The van der Waals surface area contributed by atoms with Crippen molar-refractivity contribution in [2.45, 2.75) is 0 Å². The van der Waals surface area contributed by atoms with Crippen molar-refractivity contribution in [3.8, 4) is 17.3 Å². The molecule has 5 heteroatoms. The molecule has 0 unspecified atom stereocenters. The minimum Gasteiger partial charge on any atom is -0.267 e. The first kappa shape index (κ1) is 11.2. The summed E-state index contributed by atoms with van der Waals surface area (Å²) < 4.78 is 2.55. The molecule has 0 atom stereocenters. The molecule has 80 valence electrons. The molecule has 0 aliphatic carbocycles. The standard InChI is InChI=1S/C11H7BrClN3/c1-16-11(9(12)6-15-16)7-3-2-4-10(13)8(7)5-14/h2-4,6H,1H3. The lowest BCUT2D eigenvalue weighted by Crippen LogP contribution is -1.96. The third-order valence-electron chi connectivity index (χ3n) is 2.27. The summed E-state index contributed by atoms with van der Waals surface area (Å²) in [6.07, 6.45) is 1.69. The van der Waals surface area contributed by atoms with Gasteiger partial charge in [-0.1, -0.05) is 23.7 Å². The first-order valence-electron chi connectivity index (χ1n) is 4.51. The fourth-order valence-corrected chi connectivity index (χ4v) is 2.33. The number of halogens is 2. The lowest BCUT2D eigenvalue weighted by atomic mass is 10.1. The zero-order chi connectivity index (χ0) is 11.7. The number of aromatic nitrogens is 2. The maximum Gasteiger partial charge on any atom is 0.101 e. The molecule has 0 N–H and O–H groups in total. The molecule has 1 aromatic heterocycles. The van der Waals surface area contributed by atoms with E-state index in [4.69, 9.17) is 16.9 Å². The van der Waals surface area contributed by atoms with Crippen LogP contribution in [0, 0.1) is 11.3 Å². The van der Waals surface area contributed by atoms with E-state index in [9.17, 15) is 0 Å². The Morgan fingerprint density at radius 2 is 2.25 bits per heavy atom. The van der Waals surface area contributed by atoms with Crippen LogP contribution in [0.3, 0.4) is 0 Å². The number of rotatable bonds is 1. The van der Waals surface area contributed by atoms with Crippen LogP contribution >= 0.6 is 27.5 Å². The van der Waals surface area contributed by atoms with Crippen LogP contribution in [0.2, 0.25) is 5.02 Å². The van der Waals surface area contributed by atoms with Crippen molar-refractivity contribution in [1.29, 1.82) is 5.26 Å². The molecule has 3 nitrogen and oxygen atoms in total. The summed E-state index contributed by atoms with van der Waals surface area (Å²) in [5.74, 6) is 0. The quantitative estimate of drug-likeness (QED) is 0.809. The monoisotopic (exact) mass is 295 g/mol. The van der Waals surface area contributed by atoms with Gasteiger partial charge in [-0.3, -0.25) is 4.68 Å². The molecule has 0 aliphatic rings. The van der Waals surface area contributed by atoms with Gasteiger partial charge < -0.3 is 0 Å². The minimum atomic E-state index is 0.452. The van der Waals surface area contributed by atoms with Crippen LogP contribution in [0.15, 0.2) is 28.9 Å². The second kappa shape index (κ2) is 4.28. The van der Waals surface area contributed by atoms with Crippen LogP contribution in [0.1, 0.15) is 5.56 Å². The number of aryl methyl sites for hydroxylation is 1. The van der Waals surface area contributed by atoms with Crippen molar-refractivity contribution in [2.24, 2.45) is 7.05 Å². The molecular formula is C11H7BrClN3. The van der Waals surface area contributed by atoms with Crippen molar-refractivity contribution >= 4 is 27.5 Å². The van der Waals surface area contributed by atoms with E-state index in [1.165, 1.54) is 0 Å². The normalized spacial score (nSPS) is 10.1. The topological polar surface area (TPSA) is 41.6 Å². The molecule has 0 spiro atoms. The van der Waals surface area contributed by atoms with E-state index in [1.54, 1.807) is 16.9 Å². The third-order valence-corrected chi connectivity index (χ3v) is 3.17. The summed E-state index contributed by atoms with van der Waals surface area (Å²) in [7, 11) is 1.82. The van der Waals surface area contributed by atoms with Gasteiger partial charge in [0.15, 0.2) is 0 Å². The molecule has 0 fully saturated rings. The highest BCUT2D eigenvalue weighted by atomic mass is 79.9. The van der Waals surface area contributed by atoms with Crippen molar-refractivity contribution in [2.75, 3.05) is 0 Å². The Hall–Kier alpha value is -1.31. The van der Waals surface area contributed by atoms with E-state index < -0.39 is 0 Å². The highest BCUT2D eigenvalue weighted by molar-refractivity contribution is 9.10. The zero-order valence-electron chi connectivity index (χ0n) is 8.41. The molecule has 2 aromatic rings. The number of benzene rings is 1. The highest BCUT2D eigenvalue weighted by Crippen LogP contribution is 2.32. The SMILES string of the molecule is Cn1ncc(Br)c1-c1cccc(Cl)c1C#N. The molecular weight excluding hydrogens is 289 g/mol. The van der Waals surface area contributed by atoms with Gasteiger partial charge in [0.05, 0.1) is 26.9 Å². The Morgan fingerprint density at radius 1 is 1.50 bits per heavy atom. The van der Waals surface area contributed by atoms with E-state index >= 15 is 0 Å². The minimum absolute atomic E-state index is 0.452. The third kappa shape index (κ3) is 1.73. The second-order valence-electron chi connectivity index (χ2n) is 3.24. The van der Waals surface area contributed by atoms with E-state index in [0.29, 0.717) is 10.6 Å². The molecule has 0 radical (unpaired) electrons. The average molecular weight is 297 g/mol. The van der Waals surface area contributed by atoms with E-state index in [2.05, 4.69) is 27.1 Å². The number of nitriles is 1. The molecule has 0 saturated carbocycles. The summed E-state index contributed by atoms with van der Waals surface area (Å²) in [6.45, 7) is 0. The number of nitrogens with zero attached hydrogens (tertiary/aromatic N) is 3.